The SMILES string of the molecule is Cc1ccccc1C(Cc1ccc2c(c1)C1(c3ccccc3-c3ccccc31)c1cc3c(cc1-2)C1(c2ccccc2-c2ccccc21)c1ccc2oc4ccccc4c2c1-3)Cc1ccc2c(c1)C(C)(C)C1C2=c2oc3c(c2=C2c4ccccc4C(C)(C)C21)=CCC=CC=3. The molecule has 2 spiro atoms. The van der Waals surface area contributed by atoms with Gasteiger partial charge in [0.25, 0.3) is 0 Å². The van der Waals surface area contributed by atoms with Crippen LogP contribution >= 0.6 is 0 Å². The van der Waals surface area contributed by atoms with Crippen LogP contribution < -0.4 is 21.3 Å². The maximum absolute atomic E-state index is 7.23. The zero-order valence-corrected chi connectivity index (χ0v) is 52.9. The Morgan fingerprint density at radius 2 is 0.935 bits per heavy atom. The molecule has 2 heterocycles. The molecule has 8 aliphatic carbocycles. The average Bonchev–Trinajstić information content (AvgIpc) is 1.50. The molecule has 21 rings (SSSR count). The van der Waals surface area contributed by atoms with Crippen LogP contribution in [0.1, 0.15) is 129 Å². The predicted molar refractivity (Wildman–Crippen MR) is 378 cm³/mol. The van der Waals surface area contributed by atoms with E-state index in [9.17, 15) is 0 Å². The van der Waals surface area contributed by atoms with Crippen molar-refractivity contribution in [2.24, 2.45) is 11.8 Å². The molecule has 0 N–H and O–H groups in total. The van der Waals surface area contributed by atoms with Gasteiger partial charge in [0.1, 0.15) is 22.0 Å². The van der Waals surface area contributed by atoms with Crippen LogP contribution in [-0.4, -0.2) is 0 Å². The molecule has 0 bridgehead atoms. The van der Waals surface area contributed by atoms with E-state index in [1.165, 1.54) is 160 Å². The van der Waals surface area contributed by atoms with Gasteiger partial charge in [-0.25, -0.2) is 0 Å². The lowest BCUT2D eigenvalue weighted by Gasteiger charge is -2.42. The van der Waals surface area contributed by atoms with Crippen LogP contribution in [0.4, 0.5) is 0 Å². The van der Waals surface area contributed by atoms with E-state index in [1.54, 1.807) is 0 Å². The highest BCUT2D eigenvalue weighted by atomic mass is 16.3. The summed E-state index contributed by atoms with van der Waals surface area (Å²) in [4.78, 5) is 0. The second-order valence-corrected chi connectivity index (χ2v) is 29.2. The fourth-order valence-corrected chi connectivity index (χ4v) is 20.7. The number of benzene rings is 11. The Hall–Kier alpha value is -10.3. The van der Waals surface area contributed by atoms with Gasteiger partial charge in [0.15, 0.2) is 0 Å². The molecule has 93 heavy (non-hydrogen) atoms. The summed E-state index contributed by atoms with van der Waals surface area (Å²) in [6, 6.07) is 89.5. The van der Waals surface area contributed by atoms with Crippen molar-refractivity contribution in [3.8, 4) is 44.5 Å². The molecule has 3 atom stereocenters. The highest BCUT2D eigenvalue weighted by Gasteiger charge is 2.60. The Morgan fingerprint density at radius 1 is 0.419 bits per heavy atom. The molecule has 0 amide bonds. The van der Waals surface area contributed by atoms with E-state index < -0.39 is 10.8 Å². The van der Waals surface area contributed by atoms with E-state index in [-0.39, 0.29) is 28.6 Å². The minimum Gasteiger partial charge on any atom is -0.456 e. The standard InChI is InChI=1S/C91H66O2/c1-51-23-9-10-24-55(51)54(45-52-40-42-62-73(47-52)89(4,5)86-84(62)87-83(64-30-7-6-8-37-78(64)93-87)82-61-29-15-17-32-67(61)88(2,3)85(82)86)46-53-39-41-60-65-49-76-66(50-75(65)91(74(60)48-53)70-35-20-13-27-58(70)59-28-14-21-36-71(59)91)80-72(43-44-79-81(80)63-31-16-22-38-77(63)92-79)90(76)68-33-18-11-25-56(68)57-26-12-19-34-69(57)90/h6,8-44,47-50,54,85-86H,7,45-46H2,1-5H3. The minimum atomic E-state index is -0.583. The van der Waals surface area contributed by atoms with Crippen molar-refractivity contribution < 1.29 is 8.83 Å². The number of hydrogen-bond donors (Lipinski definition) is 0. The van der Waals surface area contributed by atoms with Crippen LogP contribution in [-0.2, 0) is 34.5 Å². The molecule has 0 saturated carbocycles. The lowest BCUT2D eigenvalue weighted by Crippen LogP contribution is -2.49. The van der Waals surface area contributed by atoms with Crippen molar-refractivity contribution in [1.29, 1.82) is 0 Å². The number of furan rings is 2. The third-order valence-corrected chi connectivity index (χ3v) is 24.3. The summed E-state index contributed by atoms with van der Waals surface area (Å²) in [5.74, 6) is 0.718. The number of para-hydroxylation sites is 1. The number of aryl methyl sites for hydroxylation is 1. The van der Waals surface area contributed by atoms with E-state index in [2.05, 4.69) is 289 Å². The Bertz CT molecular complexity index is 5810. The van der Waals surface area contributed by atoms with E-state index in [4.69, 9.17) is 8.83 Å². The summed E-state index contributed by atoms with van der Waals surface area (Å²) in [7, 11) is 0. The zero-order chi connectivity index (χ0) is 61.6. The Kier molecular flexibility index (Phi) is 10.2. The molecule has 0 radical (unpaired) electrons. The molecular weight excluding hydrogens is 1120 g/mol. The maximum atomic E-state index is 7.23. The third kappa shape index (κ3) is 6.36. The molecule has 13 aromatic rings. The fourth-order valence-electron chi connectivity index (χ4n) is 20.7. The first kappa shape index (κ1) is 52.4. The molecule has 442 valence electrons. The normalized spacial score (nSPS) is 18.8. The van der Waals surface area contributed by atoms with Gasteiger partial charge < -0.3 is 8.83 Å². The lowest BCUT2D eigenvalue weighted by atomic mass is 9.60. The van der Waals surface area contributed by atoms with Gasteiger partial charge in [-0.1, -0.05) is 252 Å². The summed E-state index contributed by atoms with van der Waals surface area (Å²) >= 11 is 0. The quantitative estimate of drug-likeness (QED) is 0.172. The molecular formula is C91H66O2. The number of allylic oxidation sites excluding steroid dienone is 2. The van der Waals surface area contributed by atoms with Crippen molar-refractivity contribution in [3.63, 3.8) is 0 Å². The van der Waals surface area contributed by atoms with Gasteiger partial charge in [0.05, 0.1) is 10.8 Å². The van der Waals surface area contributed by atoms with Gasteiger partial charge >= 0.3 is 0 Å². The first-order chi connectivity index (χ1) is 45.6. The van der Waals surface area contributed by atoms with Crippen LogP contribution in [0.3, 0.4) is 0 Å². The van der Waals surface area contributed by atoms with Crippen molar-refractivity contribution in [3.05, 3.63) is 353 Å². The highest BCUT2D eigenvalue weighted by Crippen LogP contribution is 2.70. The number of fused-ring (bicyclic) bond motifs is 34. The average molecular weight is 1190 g/mol. The van der Waals surface area contributed by atoms with E-state index in [1.807, 2.05) is 0 Å². The van der Waals surface area contributed by atoms with Crippen LogP contribution in [0.25, 0.3) is 89.7 Å². The van der Waals surface area contributed by atoms with Crippen LogP contribution in [0.15, 0.2) is 252 Å². The van der Waals surface area contributed by atoms with Gasteiger partial charge in [-0.05, 0) is 212 Å². The summed E-state index contributed by atoms with van der Waals surface area (Å²) < 4.78 is 14.1. The number of rotatable bonds is 5. The van der Waals surface area contributed by atoms with Crippen LogP contribution in [0.2, 0.25) is 0 Å². The first-order valence-corrected chi connectivity index (χ1v) is 33.8. The first-order valence-electron chi connectivity index (χ1n) is 33.8. The molecule has 3 unspecified atom stereocenters. The smallest absolute Gasteiger partial charge is 0.139 e. The van der Waals surface area contributed by atoms with E-state index in [0.29, 0.717) is 0 Å². The summed E-state index contributed by atoms with van der Waals surface area (Å²) in [5, 5.41) is 4.93. The van der Waals surface area contributed by atoms with Crippen molar-refractivity contribution in [2.45, 2.75) is 81.5 Å². The number of hydrogen-bond acceptors (Lipinski definition) is 2. The molecule has 0 saturated heterocycles. The predicted octanol–water partition coefficient (Wildman–Crippen LogP) is 18.5. The van der Waals surface area contributed by atoms with Crippen molar-refractivity contribution in [1.82, 2.24) is 0 Å². The topological polar surface area (TPSA) is 26.3 Å². The molecule has 0 aliphatic heterocycles. The van der Waals surface area contributed by atoms with Crippen LogP contribution in [0.5, 0.6) is 0 Å². The highest BCUT2D eigenvalue weighted by molar-refractivity contribution is 6.17. The molecule has 0 fully saturated rings. The van der Waals surface area contributed by atoms with Gasteiger partial charge in [0, 0.05) is 38.6 Å². The lowest BCUT2D eigenvalue weighted by molar-refractivity contribution is 0.255. The Balaban J connectivity index is 0.756. The van der Waals surface area contributed by atoms with Gasteiger partial charge in [-0.15, -0.1) is 0 Å². The summed E-state index contributed by atoms with van der Waals surface area (Å²) in [6.07, 6.45) is 11.7. The second-order valence-electron chi connectivity index (χ2n) is 29.2. The second kappa shape index (κ2) is 18.1. The minimum absolute atomic E-state index is 0.0859. The molecule has 8 aliphatic rings. The van der Waals surface area contributed by atoms with Gasteiger partial charge in [-0.3, -0.25) is 0 Å². The molecule has 2 heteroatoms. The Labute approximate surface area is 541 Å². The van der Waals surface area contributed by atoms with Gasteiger partial charge in [-0.2, -0.15) is 0 Å². The summed E-state index contributed by atoms with van der Waals surface area (Å²) in [5.41, 5.74) is 37.8. The fraction of sp³-hybridized carbons (Fsp3) is 0.165. The summed E-state index contributed by atoms with van der Waals surface area (Å²) in [6.45, 7) is 12.4. The van der Waals surface area contributed by atoms with E-state index >= 15 is 0 Å². The third-order valence-electron chi connectivity index (χ3n) is 24.3. The van der Waals surface area contributed by atoms with Crippen molar-refractivity contribution in [2.75, 3.05) is 0 Å². The zero-order valence-electron chi connectivity index (χ0n) is 52.9. The Morgan fingerprint density at radius 3 is 1.62 bits per heavy atom. The molecule has 2 nitrogen and oxygen atoms in total. The van der Waals surface area contributed by atoms with Gasteiger partial charge in [0.2, 0.25) is 0 Å². The largest absolute Gasteiger partial charge is 0.456 e. The van der Waals surface area contributed by atoms with E-state index in [0.717, 1.165) is 46.6 Å². The monoisotopic (exact) mass is 1190 g/mol. The molecule has 2 aromatic heterocycles. The van der Waals surface area contributed by atoms with Crippen LogP contribution in [0, 0.1) is 18.8 Å². The molecule has 11 aromatic carbocycles. The maximum Gasteiger partial charge on any atom is 0.139 e. The van der Waals surface area contributed by atoms with Crippen molar-refractivity contribution >= 4 is 45.2 Å².